The molecule has 0 saturated carbocycles. The lowest BCUT2D eigenvalue weighted by molar-refractivity contribution is -0.918. The molecule has 5 heteroatoms. The summed E-state index contributed by atoms with van der Waals surface area (Å²) < 4.78 is 0. The number of piperazine rings is 1. The van der Waals surface area contributed by atoms with Crippen molar-refractivity contribution in [3.63, 3.8) is 0 Å². The Labute approximate surface area is 153 Å². The highest BCUT2D eigenvalue weighted by atomic mass is 35.5. The Bertz CT molecular complexity index is 705. The standard InChI is InChI=1S/C19H21Cl2N3/c1-15(16-6-8-18(20)9-7-16)22-24-12-10-23(11-13-24)14-17-4-2-3-5-19(17)21/h2-9H,10-14H2,1H3/p+1/b22-15-. The summed E-state index contributed by atoms with van der Waals surface area (Å²) in [6.45, 7) is 7.10. The molecule has 0 amide bonds. The Balaban J connectivity index is 1.56. The van der Waals surface area contributed by atoms with E-state index in [0.29, 0.717) is 0 Å². The zero-order valence-corrected chi connectivity index (χ0v) is 15.3. The van der Waals surface area contributed by atoms with Gasteiger partial charge in [0.25, 0.3) is 0 Å². The van der Waals surface area contributed by atoms with E-state index in [-0.39, 0.29) is 0 Å². The predicted molar refractivity (Wildman–Crippen MR) is 101 cm³/mol. The Morgan fingerprint density at radius 2 is 1.71 bits per heavy atom. The molecular formula is C19H22Cl2N3+. The molecule has 0 atom stereocenters. The van der Waals surface area contributed by atoms with Gasteiger partial charge in [0.05, 0.1) is 31.9 Å². The summed E-state index contributed by atoms with van der Waals surface area (Å²) in [5.41, 5.74) is 3.37. The average Bonchev–Trinajstić information content (AvgIpc) is 2.59. The number of hydrogen-bond acceptors (Lipinski definition) is 2. The van der Waals surface area contributed by atoms with Gasteiger partial charge in [-0.15, -0.1) is 0 Å². The van der Waals surface area contributed by atoms with E-state index in [0.717, 1.165) is 54.0 Å². The summed E-state index contributed by atoms with van der Waals surface area (Å²) >= 11 is 12.2. The van der Waals surface area contributed by atoms with Gasteiger partial charge in [-0.1, -0.05) is 53.5 Å². The van der Waals surface area contributed by atoms with Crippen LogP contribution in [0.1, 0.15) is 18.1 Å². The van der Waals surface area contributed by atoms with E-state index in [1.807, 2.05) is 43.3 Å². The van der Waals surface area contributed by atoms with Crippen LogP contribution in [0.25, 0.3) is 0 Å². The Hall–Kier alpha value is -1.55. The van der Waals surface area contributed by atoms with Crippen LogP contribution in [0.15, 0.2) is 53.6 Å². The van der Waals surface area contributed by atoms with Crippen molar-refractivity contribution < 1.29 is 4.90 Å². The quantitative estimate of drug-likeness (QED) is 0.828. The summed E-state index contributed by atoms with van der Waals surface area (Å²) in [7, 11) is 0. The molecule has 0 spiro atoms. The van der Waals surface area contributed by atoms with Crippen molar-refractivity contribution in [1.82, 2.24) is 5.01 Å². The highest BCUT2D eigenvalue weighted by Gasteiger charge is 2.20. The van der Waals surface area contributed by atoms with Gasteiger partial charge in [0, 0.05) is 15.6 Å². The zero-order chi connectivity index (χ0) is 16.9. The molecule has 0 unspecified atom stereocenters. The first-order chi connectivity index (χ1) is 11.6. The van der Waals surface area contributed by atoms with Gasteiger partial charge in [-0.3, -0.25) is 5.01 Å². The minimum atomic E-state index is 0.753. The molecule has 1 fully saturated rings. The predicted octanol–water partition coefficient (Wildman–Crippen LogP) is 3.12. The summed E-state index contributed by atoms with van der Waals surface area (Å²) in [5.74, 6) is 0. The molecule has 24 heavy (non-hydrogen) atoms. The molecule has 0 radical (unpaired) electrons. The smallest absolute Gasteiger partial charge is 0.104 e. The van der Waals surface area contributed by atoms with E-state index in [2.05, 4.69) is 17.1 Å². The lowest BCUT2D eigenvalue weighted by Gasteiger charge is -2.31. The highest BCUT2D eigenvalue weighted by Crippen LogP contribution is 2.14. The fraction of sp³-hybridized carbons (Fsp3) is 0.316. The van der Waals surface area contributed by atoms with E-state index in [4.69, 9.17) is 28.3 Å². The third-order valence-corrected chi connectivity index (χ3v) is 5.02. The summed E-state index contributed by atoms with van der Waals surface area (Å²) in [4.78, 5) is 1.55. The molecule has 126 valence electrons. The third-order valence-electron chi connectivity index (χ3n) is 4.40. The van der Waals surface area contributed by atoms with Gasteiger partial charge >= 0.3 is 0 Å². The first-order valence-electron chi connectivity index (χ1n) is 8.25. The van der Waals surface area contributed by atoms with Gasteiger partial charge in [-0.25, -0.2) is 0 Å². The molecule has 1 aliphatic heterocycles. The van der Waals surface area contributed by atoms with E-state index in [1.54, 1.807) is 4.90 Å². The lowest BCUT2D eigenvalue weighted by Crippen LogP contribution is -3.13. The maximum Gasteiger partial charge on any atom is 0.104 e. The number of rotatable bonds is 4. The third kappa shape index (κ3) is 4.50. The van der Waals surface area contributed by atoms with Crippen molar-refractivity contribution in [2.24, 2.45) is 5.10 Å². The maximum atomic E-state index is 6.26. The van der Waals surface area contributed by atoms with E-state index < -0.39 is 0 Å². The molecule has 0 aliphatic carbocycles. The fourth-order valence-electron chi connectivity index (χ4n) is 2.96. The van der Waals surface area contributed by atoms with Gasteiger partial charge in [-0.05, 0) is 30.7 Å². The number of quaternary nitrogens is 1. The summed E-state index contributed by atoms with van der Waals surface area (Å²) in [6.07, 6.45) is 0. The molecular weight excluding hydrogens is 341 g/mol. The van der Waals surface area contributed by atoms with Crippen LogP contribution in [0, 0.1) is 0 Å². The van der Waals surface area contributed by atoms with Crippen LogP contribution >= 0.6 is 23.2 Å². The fourth-order valence-corrected chi connectivity index (χ4v) is 3.29. The van der Waals surface area contributed by atoms with Crippen LogP contribution in [-0.4, -0.2) is 36.9 Å². The minimum absolute atomic E-state index is 0.753. The zero-order valence-electron chi connectivity index (χ0n) is 13.8. The van der Waals surface area contributed by atoms with Crippen LogP contribution in [-0.2, 0) is 6.54 Å². The van der Waals surface area contributed by atoms with E-state index >= 15 is 0 Å². The monoisotopic (exact) mass is 362 g/mol. The molecule has 1 heterocycles. The number of hydrogen-bond donors (Lipinski definition) is 1. The first-order valence-corrected chi connectivity index (χ1v) is 9.00. The normalized spacial score (nSPS) is 16.5. The molecule has 3 nitrogen and oxygen atoms in total. The van der Waals surface area contributed by atoms with Crippen LogP contribution in [0.2, 0.25) is 10.0 Å². The van der Waals surface area contributed by atoms with E-state index in [1.165, 1.54) is 5.56 Å². The summed E-state index contributed by atoms with van der Waals surface area (Å²) in [6, 6.07) is 15.9. The van der Waals surface area contributed by atoms with Crippen molar-refractivity contribution in [2.45, 2.75) is 13.5 Å². The Morgan fingerprint density at radius 3 is 2.38 bits per heavy atom. The number of nitrogens with zero attached hydrogens (tertiary/aromatic N) is 2. The molecule has 0 aromatic heterocycles. The average molecular weight is 363 g/mol. The molecule has 0 bridgehead atoms. The maximum absolute atomic E-state index is 6.26. The van der Waals surface area contributed by atoms with Gasteiger partial charge < -0.3 is 4.90 Å². The second kappa shape index (κ2) is 8.02. The topological polar surface area (TPSA) is 20.0 Å². The summed E-state index contributed by atoms with van der Waals surface area (Å²) in [5, 5.41) is 8.55. The van der Waals surface area contributed by atoms with Gasteiger partial charge in [0.1, 0.15) is 6.54 Å². The number of hydrazone groups is 1. The second-order valence-corrected chi connectivity index (χ2v) is 7.01. The number of halogens is 2. The Kier molecular flexibility index (Phi) is 5.77. The van der Waals surface area contributed by atoms with Crippen molar-refractivity contribution in [1.29, 1.82) is 0 Å². The van der Waals surface area contributed by atoms with Crippen molar-refractivity contribution >= 4 is 28.9 Å². The van der Waals surface area contributed by atoms with Gasteiger partial charge in [-0.2, -0.15) is 5.10 Å². The Morgan fingerprint density at radius 1 is 1.04 bits per heavy atom. The van der Waals surface area contributed by atoms with Crippen molar-refractivity contribution in [3.05, 3.63) is 69.7 Å². The molecule has 3 rings (SSSR count). The second-order valence-electron chi connectivity index (χ2n) is 6.16. The molecule has 2 aromatic rings. The van der Waals surface area contributed by atoms with Crippen molar-refractivity contribution in [3.8, 4) is 0 Å². The van der Waals surface area contributed by atoms with Crippen LogP contribution in [0.5, 0.6) is 0 Å². The SMILES string of the molecule is C/C(=N/N1CC[NH+](Cc2ccccc2Cl)CC1)c1ccc(Cl)cc1. The number of nitrogens with one attached hydrogen (secondary N) is 1. The molecule has 1 N–H and O–H groups in total. The van der Waals surface area contributed by atoms with Crippen molar-refractivity contribution in [2.75, 3.05) is 26.2 Å². The lowest BCUT2D eigenvalue weighted by atomic mass is 10.1. The van der Waals surface area contributed by atoms with Gasteiger partial charge in [0.15, 0.2) is 0 Å². The van der Waals surface area contributed by atoms with Crippen LogP contribution in [0.4, 0.5) is 0 Å². The minimum Gasteiger partial charge on any atom is -0.328 e. The molecule has 1 saturated heterocycles. The first kappa shape index (κ1) is 17.3. The van der Waals surface area contributed by atoms with Gasteiger partial charge in [0.2, 0.25) is 0 Å². The number of benzene rings is 2. The van der Waals surface area contributed by atoms with E-state index in [9.17, 15) is 0 Å². The largest absolute Gasteiger partial charge is 0.328 e. The molecule has 1 aliphatic rings. The highest BCUT2D eigenvalue weighted by molar-refractivity contribution is 6.31. The van der Waals surface area contributed by atoms with Crippen LogP contribution < -0.4 is 4.90 Å². The molecule has 2 aromatic carbocycles. The van der Waals surface area contributed by atoms with Crippen LogP contribution in [0.3, 0.4) is 0 Å².